The van der Waals surface area contributed by atoms with Gasteiger partial charge in [-0.05, 0) is 12.1 Å². The number of aromatic nitrogens is 1. The second-order valence-corrected chi connectivity index (χ2v) is 4.87. The minimum atomic E-state index is -0.315. The van der Waals surface area contributed by atoms with Crippen LogP contribution in [0.4, 0.5) is 5.13 Å². The number of nitrogens with zero attached hydrogens (tertiary/aromatic N) is 2. The molecular weight excluding hydrogens is 290 g/mol. The van der Waals surface area contributed by atoms with Crippen molar-refractivity contribution in [2.45, 2.75) is 6.42 Å². The number of carbonyl (C=O) groups is 1. The molecule has 1 heterocycles. The summed E-state index contributed by atoms with van der Waals surface area (Å²) in [5, 5.41) is 6.51. The van der Waals surface area contributed by atoms with E-state index in [2.05, 4.69) is 20.2 Å². The first-order chi connectivity index (χ1) is 10.2. The minimum absolute atomic E-state index is 0.158. The molecule has 2 rings (SSSR count). The molecule has 21 heavy (non-hydrogen) atoms. The van der Waals surface area contributed by atoms with Crippen LogP contribution in [0.1, 0.15) is 11.3 Å². The fraction of sp³-hybridized carbons (Fsp3) is 0.214. The third-order valence-corrected chi connectivity index (χ3v) is 3.40. The molecule has 7 heteroatoms. The van der Waals surface area contributed by atoms with Gasteiger partial charge in [0.05, 0.1) is 32.5 Å². The predicted octanol–water partition coefficient (Wildman–Crippen LogP) is 2.31. The first-order valence-corrected chi connectivity index (χ1v) is 7.04. The highest BCUT2D eigenvalue weighted by Crippen LogP contribution is 2.17. The number of para-hydroxylation sites is 1. The Labute approximate surface area is 126 Å². The third-order valence-electron chi connectivity index (χ3n) is 2.61. The van der Waals surface area contributed by atoms with Gasteiger partial charge in [0.1, 0.15) is 5.75 Å². The van der Waals surface area contributed by atoms with Crippen LogP contribution in [0.5, 0.6) is 5.75 Å². The number of nitrogens with one attached hydrogen (secondary N) is 1. The van der Waals surface area contributed by atoms with E-state index < -0.39 is 0 Å². The number of thiazole rings is 1. The minimum Gasteiger partial charge on any atom is -0.496 e. The molecule has 0 bridgehead atoms. The van der Waals surface area contributed by atoms with Crippen molar-refractivity contribution >= 4 is 28.7 Å². The van der Waals surface area contributed by atoms with Crippen molar-refractivity contribution in [3.8, 4) is 5.75 Å². The Balaban J connectivity index is 1.96. The van der Waals surface area contributed by atoms with Crippen molar-refractivity contribution in [2.75, 3.05) is 19.6 Å². The lowest BCUT2D eigenvalue weighted by Gasteiger charge is -2.02. The van der Waals surface area contributed by atoms with Gasteiger partial charge < -0.3 is 9.47 Å². The Kier molecular flexibility index (Phi) is 5.28. The molecule has 1 aromatic heterocycles. The molecule has 110 valence electrons. The highest BCUT2D eigenvalue weighted by Gasteiger charge is 2.07. The van der Waals surface area contributed by atoms with Crippen LogP contribution in [0.15, 0.2) is 34.7 Å². The number of carbonyl (C=O) groups excluding carboxylic acids is 1. The Morgan fingerprint density at radius 3 is 3.00 bits per heavy atom. The quantitative estimate of drug-likeness (QED) is 0.504. The SMILES string of the molecule is COC(=O)Cc1csc(N/N=C\c2ccccc2OC)n1. The highest BCUT2D eigenvalue weighted by atomic mass is 32.1. The topological polar surface area (TPSA) is 72.8 Å². The van der Waals surface area contributed by atoms with Crippen LogP contribution in [-0.2, 0) is 16.0 Å². The number of rotatable bonds is 6. The van der Waals surface area contributed by atoms with Crippen molar-refractivity contribution in [1.29, 1.82) is 0 Å². The van der Waals surface area contributed by atoms with Gasteiger partial charge in [0.2, 0.25) is 5.13 Å². The van der Waals surface area contributed by atoms with Gasteiger partial charge in [0.15, 0.2) is 0 Å². The average molecular weight is 305 g/mol. The molecule has 0 fully saturated rings. The van der Waals surface area contributed by atoms with Crippen LogP contribution in [0.25, 0.3) is 0 Å². The van der Waals surface area contributed by atoms with Crippen LogP contribution < -0.4 is 10.2 Å². The number of esters is 1. The van der Waals surface area contributed by atoms with Gasteiger partial charge in [-0.15, -0.1) is 11.3 Å². The van der Waals surface area contributed by atoms with Crippen molar-refractivity contribution in [2.24, 2.45) is 5.10 Å². The summed E-state index contributed by atoms with van der Waals surface area (Å²) in [7, 11) is 2.96. The summed E-state index contributed by atoms with van der Waals surface area (Å²) < 4.78 is 9.81. The number of hydrazone groups is 1. The molecule has 0 aliphatic carbocycles. The second kappa shape index (κ2) is 7.39. The molecule has 1 aromatic carbocycles. The lowest BCUT2D eigenvalue weighted by molar-refractivity contribution is -0.139. The number of hydrogen-bond acceptors (Lipinski definition) is 7. The zero-order valence-electron chi connectivity index (χ0n) is 11.7. The lowest BCUT2D eigenvalue weighted by Crippen LogP contribution is -2.04. The monoisotopic (exact) mass is 305 g/mol. The first kappa shape index (κ1) is 15.0. The van der Waals surface area contributed by atoms with Crippen LogP contribution >= 0.6 is 11.3 Å². The largest absolute Gasteiger partial charge is 0.496 e. The molecule has 1 N–H and O–H groups in total. The first-order valence-electron chi connectivity index (χ1n) is 6.16. The van der Waals surface area contributed by atoms with Gasteiger partial charge in [-0.1, -0.05) is 12.1 Å². The van der Waals surface area contributed by atoms with E-state index in [9.17, 15) is 4.79 Å². The molecule has 0 aliphatic rings. The van der Waals surface area contributed by atoms with Crippen LogP contribution in [0, 0.1) is 0 Å². The molecule has 0 amide bonds. The van der Waals surface area contributed by atoms with Gasteiger partial charge in [0.25, 0.3) is 0 Å². The third kappa shape index (κ3) is 4.28. The van der Waals surface area contributed by atoms with E-state index in [-0.39, 0.29) is 12.4 Å². The van der Waals surface area contributed by atoms with Crippen LogP contribution in [0.2, 0.25) is 0 Å². The molecule has 6 nitrogen and oxygen atoms in total. The lowest BCUT2D eigenvalue weighted by atomic mass is 10.2. The zero-order valence-corrected chi connectivity index (χ0v) is 12.5. The molecule has 0 saturated carbocycles. The molecular formula is C14H15N3O3S. The summed E-state index contributed by atoms with van der Waals surface area (Å²) >= 11 is 1.37. The number of ether oxygens (including phenoxy) is 2. The van der Waals surface area contributed by atoms with Gasteiger partial charge in [-0.2, -0.15) is 5.10 Å². The zero-order chi connectivity index (χ0) is 15.1. The van der Waals surface area contributed by atoms with E-state index in [1.54, 1.807) is 18.7 Å². The van der Waals surface area contributed by atoms with Crippen molar-refractivity contribution in [3.05, 3.63) is 40.9 Å². The van der Waals surface area contributed by atoms with E-state index in [4.69, 9.17) is 4.74 Å². The summed E-state index contributed by atoms with van der Waals surface area (Å²) in [6, 6.07) is 7.55. The van der Waals surface area contributed by atoms with Crippen molar-refractivity contribution in [3.63, 3.8) is 0 Å². The van der Waals surface area contributed by atoms with Crippen LogP contribution in [0.3, 0.4) is 0 Å². The predicted molar refractivity (Wildman–Crippen MR) is 82.0 cm³/mol. The Morgan fingerprint density at radius 2 is 2.24 bits per heavy atom. The van der Waals surface area contributed by atoms with Crippen molar-refractivity contribution in [1.82, 2.24) is 4.98 Å². The van der Waals surface area contributed by atoms with E-state index in [1.807, 2.05) is 24.3 Å². The Hall–Kier alpha value is -2.41. The maximum Gasteiger partial charge on any atom is 0.311 e. The van der Waals surface area contributed by atoms with E-state index in [1.165, 1.54) is 18.4 Å². The molecule has 0 atom stereocenters. The summed E-state index contributed by atoms with van der Waals surface area (Å²) in [4.78, 5) is 15.4. The average Bonchev–Trinajstić information content (AvgIpc) is 2.95. The van der Waals surface area contributed by atoms with Crippen LogP contribution in [-0.4, -0.2) is 31.4 Å². The number of anilines is 1. The maximum absolute atomic E-state index is 11.1. The van der Waals surface area contributed by atoms with Gasteiger partial charge >= 0.3 is 5.97 Å². The molecule has 0 unspecified atom stereocenters. The fourth-order valence-corrected chi connectivity index (χ4v) is 2.25. The van der Waals surface area contributed by atoms with E-state index >= 15 is 0 Å². The molecule has 0 saturated heterocycles. The normalized spacial score (nSPS) is 10.6. The summed E-state index contributed by atoms with van der Waals surface area (Å²) in [6.07, 6.45) is 1.81. The van der Waals surface area contributed by atoms with Crippen molar-refractivity contribution < 1.29 is 14.3 Å². The molecule has 0 aliphatic heterocycles. The van der Waals surface area contributed by atoms with Gasteiger partial charge in [0, 0.05) is 10.9 Å². The summed E-state index contributed by atoms with van der Waals surface area (Å²) in [5.74, 6) is 0.429. The smallest absolute Gasteiger partial charge is 0.311 e. The number of methoxy groups -OCH3 is 2. The van der Waals surface area contributed by atoms with Gasteiger partial charge in [-0.25, -0.2) is 4.98 Å². The molecule has 0 radical (unpaired) electrons. The Morgan fingerprint density at radius 1 is 1.43 bits per heavy atom. The number of hydrogen-bond donors (Lipinski definition) is 1. The fourth-order valence-electron chi connectivity index (χ4n) is 1.59. The Bertz CT molecular complexity index is 640. The molecule has 2 aromatic rings. The van der Waals surface area contributed by atoms with Gasteiger partial charge in [-0.3, -0.25) is 10.2 Å². The standard InChI is InChI=1S/C14H15N3O3S/c1-19-12-6-4-3-5-10(12)8-15-17-14-16-11(9-21-14)7-13(18)20-2/h3-6,8-9H,7H2,1-2H3,(H,16,17)/b15-8-. The van der Waals surface area contributed by atoms with E-state index in [0.29, 0.717) is 10.8 Å². The molecule has 0 spiro atoms. The van der Waals surface area contributed by atoms with E-state index in [0.717, 1.165) is 11.3 Å². The highest BCUT2D eigenvalue weighted by molar-refractivity contribution is 7.13. The summed E-state index contributed by atoms with van der Waals surface area (Å²) in [5.41, 5.74) is 4.34. The summed E-state index contributed by atoms with van der Waals surface area (Å²) in [6.45, 7) is 0. The number of benzene rings is 1. The maximum atomic E-state index is 11.1. The second-order valence-electron chi connectivity index (χ2n) is 4.01.